The minimum absolute atomic E-state index is 0.0161. The topological polar surface area (TPSA) is 62.2 Å². The number of carbonyl (C=O) groups is 1. The third-order valence-corrected chi connectivity index (χ3v) is 2.89. The number of thioether (sulfide) groups is 1. The van der Waals surface area contributed by atoms with Gasteiger partial charge in [-0.1, -0.05) is 6.07 Å². The third-order valence-electron chi connectivity index (χ3n) is 1.88. The zero-order valence-electron chi connectivity index (χ0n) is 9.06. The highest BCUT2D eigenvalue weighted by Crippen LogP contribution is 2.09. The molecule has 0 fully saturated rings. The predicted molar refractivity (Wildman–Crippen MR) is 65.1 cm³/mol. The van der Waals surface area contributed by atoms with Crippen molar-refractivity contribution in [2.45, 2.75) is 12.2 Å². The first-order chi connectivity index (χ1) is 7.83. The number of carbonyl (C=O) groups excluding carboxylic acids is 1. The Balaban J connectivity index is 2.09. The first-order valence-corrected chi connectivity index (χ1v) is 6.32. The number of pyridine rings is 1. The Labute approximate surface area is 99.5 Å². The molecule has 0 saturated carbocycles. The van der Waals surface area contributed by atoms with Gasteiger partial charge in [0.1, 0.15) is 0 Å². The van der Waals surface area contributed by atoms with Gasteiger partial charge in [0.2, 0.25) is 5.91 Å². The summed E-state index contributed by atoms with van der Waals surface area (Å²) in [5, 5.41) is 11.3. The lowest BCUT2D eigenvalue weighted by Crippen LogP contribution is -2.26. The summed E-state index contributed by atoms with van der Waals surface area (Å²) in [6.45, 7) is 0.659. The molecule has 4 nitrogen and oxygen atoms in total. The Bertz CT molecular complexity index is 306. The molecule has 0 atom stereocenters. The number of nitrogens with zero attached hydrogens (tertiary/aromatic N) is 1. The summed E-state index contributed by atoms with van der Waals surface area (Å²) in [6, 6.07) is 3.88. The fourth-order valence-electron chi connectivity index (χ4n) is 1.10. The Morgan fingerprint density at radius 1 is 1.56 bits per heavy atom. The molecule has 0 radical (unpaired) electrons. The number of nitrogens with one attached hydrogen (secondary N) is 1. The minimum atomic E-state index is 0.0161. The van der Waals surface area contributed by atoms with Gasteiger partial charge in [0.25, 0.3) is 0 Å². The van der Waals surface area contributed by atoms with Crippen molar-refractivity contribution in [3.63, 3.8) is 0 Å². The molecule has 0 aromatic carbocycles. The van der Waals surface area contributed by atoms with Gasteiger partial charge >= 0.3 is 0 Å². The molecule has 0 saturated heterocycles. The average molecular weight is 240 g/mol. The van der Waals surface area contributed by atoms with Crippen molar-refractivity contribution in [3.05, 3.63) is 30.1 Å². The predicted octanol–water partition coefficient (Wildman–Crippen LogP) is 0.813. The van der Waals surface area contributed by atoms with Crippen molar-refractivity contribution in [1.82, 2.24) is 10.3 Å². The van der Waals surface area contributed by atoms with Gasteiger partial charge in [-0.25, -0.2) is 0 Å². The van der Waals surface area contributed by atoms with Crippen LogP contribution in [-0.2, 0) is 10.5 Å². The van der Waals surface area contributed by atoms with E-state index < -0.39 is 0 Å². The second-order valence-corrected chi connectivity index (χ2v) is 4.27. The molecule has 2 N–H and O–H groups in total. The van der Waals surface area contributed by atoms with Crippen LogP contribution in [0.2, 0.25) is 0 Å². The standard InChI is InChI=1S/C11H16N2O2S/c14-6-2-5-13-11(15)9-16-8-10-3-1-4-12-7-10/h1,3-4,7,14H,2,5-6,8-9H2,(H,13,15). The second-order valence-electron chi connectivity index (χ2n) is 3.28. The van der Waals surface area contributed by atoms with Gasteiger partial charge in [0.05, 0.1) is 5.75 Å². The van der Waals surface area contributed by atoms with Gasteiger partial charge in [-0.15, -0.1) is 11.8 Å². The minimum Gasteiger partial charge on any atom is -0.396 e. The van der Waals surface area contributed by atoms with Gasteiger partial charge in [-0.3, -0.25) is 9.78 Å². The molecule has 5 heteroatoms. The number of aromatic nitrogens is 1. The number of aliphatic hydroxyl groups is 1. The maximum atomic E-state index is 11.3. The van der Waals surface area contributed by atoms with E-state index in [1.165, 1.54) is 0 Å². The summed E-state index contributed by atoms with van der Waals surface area (Å²) >= 11 is 1.56. The van der Waals surface area contributed by atoms with Crippen LogP contribution in [-0.4, -0.2) is 34.9 Å². The van der Waals surface area contributed by atoms with Crippen LogP contribution < -0.4 is 5.32 Å². The molecule has 0 aliphatic heterocycles. The Kier molecular flexibility index (Phi) is 6.60. The molecule has 88 valence electrons. The van der Waals surface area contributed by atoms with Crippen LogP contribution >= 0.6 is 11.8 Å². The van der Waals surface area contributed by atoms with Crippen LogP contribution in [0, 0.1) is 0 Å². The van der Waals surface area contributed by atoms with Gasteiger partial charge in [0.15, 0.2) is 0 Å². The molecule has 1 rings (SSSR count). The van der Waals surface area contributed by atoms with Crippen molar-refractivity contribution in [1.29, 1.82) is 0 Å². The van der Waals surface area contributed by atoms with Crippen LogP contribution in [0.4, 0.5) is 0 Å². The fraction of sp³-hybridized carbons (Fsp3) is 0.455. The Hall–Kier alpha value is -1.07. The lowest BCUT2D eigenvalue weighted by Gasteiger charge is -2.03. The summed E-state index contributed by atoms with van der Waals surface area (Å²) in [4.78, 5) is 15.3. The van der Waals surface area contributed by atoms with E-state index in [-0.39, 0.29) is 12.5 Å². The number of amides is 1. The fourth-order valence-corrected chi connectivity index (χ4v) is 1.90. The van der Waals surface area contributed by atoms with Crippen LogP contribution in [0.1, 0.15) is 12.0 Å². The molecule has 0 bridgehead atoms. The lowest BCUT2D eigenvalue weighted by molar-refractivity contribution is -0.118. The van der Waals surface area contributed by atoms with E-state index in [4.69, 9.17) is 5.11 Å². The van der Waals surface area contributed by atoms with Crippen LogP contribution in [0.15, 0.2) is 24.5 Å². The van der Waals surface area contributed by atoms with Gasteiger partial charge in [-0.05, 0) is 18.1 Å². The molecular formula is C11H16N2O2S. The van der Waals surface area contributed by atoms with Crippen molar-refractivity contribution in [3.8, 4) is 0 Å². The third kappa shape index (κ3) is 5.72. The molecule has 1 heterocycles. The first kappa shape index (κ1) is 13.0. The zero-order valence-corrected chi connectivity index (χ0v) is 9.87. The number of rotatable bonds is 7. The summed E-state index contributed by atoms with van der Waals surface area (Å²) in [7, 11) is 0. The maximum absolute atomic E-state index is 11.3. The average Bonchev–Trinajstić information content (AvgIpc) is 2.31. The summed E-state index contributed by atoms with van der Waals surface area (Å²) in [5.41, 5.74) is 1.12. The first-order valence-electron chi connectivity index (χ1n) is 5.17. The molecule has 1 amide bonds. The number of aliphatic hydroxyl groups excluding tert-OH is 1. The van der Waals surface area contributed by atoms with Crippen molar-refractivity contribution < 1.29 is 9.90 Å². The number of hydrogen-bond acceptors (Lipinski definition) is 4. The second kappa shape index (κ2) is 8.13. The van der Waals surface area contributed by atoms with Gasteiger partial charge < -0.3 is 10.4 Å². The molecule has 0 spiro atoms. The smallest absolute Gasteiger partial charge is 0.230 e. The number of hydrogen-bond donors (Lipinski definition) is 2. The van der Waals surface area contributed by atoms with Crippen molar-refractivity contribution in [2.75, 3.05) is 18.9 Å². The quantitative estimate of drug-likeness (QED) is 0.692. The highest BCUT2D eigenvalue weighted by molar-refractivity contribution is 7.99. The van der Waals surface area contributed by atoms with E-state index >= 15 is 0 Å². The van der Waals surface area contributed by atoms with E-state index in [0.717, 1.165) is 11.3 Å². The van der Waals surface area contributed by atoms with Gasteiger partial charge in [-0.2, -0.15) is 0 Å². The van der Waals surface area contributed by atoms with Crippen LogP contribution in [0.3, 0.4) is 0 Å². The van der Waals surface area contributed by atoms with E-state index in [1.807, 2.05) is 12.1 Å². The molecule has 1 aromatic rings. The maximum Gasteiger partial charge on any atom is 0.230 e. The SMILES string of the molecule is O=C(CSCc1cccnc1)NCCCO. The molecule has 16 heavy (non-hydrogen) atoms. The van der Waals surface area contributed by atoms with Crippen LogP contribution in [0.25, 0.3) is 0 Å². The highest BCUT2D eigenvalue weighted by atomic mass is 32.2. The Morgan fingerprint density at radius 3 is 3.12 bits per heavy atom. The molecule has 1 aromatic heterocycles. The normalized spacial score (nSPS) is 10.1. The summed E-state index contributed by atoms with van der Waals surface area (Å²) < 4.78 is 0. The van der Waals surface area contributed by atoms with Crippen molar-refractivity contribution in [2.24, 2.45) is 0 Å². The molecule has 0 unspecified atom stereocenters. The molecular weight excluding hydrogens is 224 g/mol. The van der Waals surface area contributed by atoms with Crippen molar-refractivity contribution >= 4 is 17.7 Å². The largest absolute Gasteiger partial charge is 0.396 e. The molecule has 0 aliphatic carbocycles. The lowest BCUT2D eigenvalue weighted by atomic mass is 10.3. The van der Waals surface area contributed by atoms with E-state index in [0.29, 0.717) is 18.7 Å². The van der Waals surface area contributed by atoms with Gasteiger partial charge in [0, 0.05) is 31.3 Å². The monoisotopic (exact) mass is 240 g/mol. The summed E-state index contributed by atoms with van der Waals surface area (Å²) in [5.74, 6) is 1.25. The zero-order chi connectivity index (χ0) is 11.6. The highest BCUT2D eigenvalue weighted by Gasteiger charge is 2.00. The Morgan fingerprint density at radius 2 is 2.44 bits per heavy atom. The van der Waals surface area contributed by atoms with E-state index in [9.17, 15) is 4.79 Å². The van der Waals surface area contributed by atoms with Crippen LogP contribution in [0.5, 0.6) is 0 Å². The van der Waals surface area contributed by atoms with E-state index in [1.54, 1.807) is 24.2 Å². The summed E-state index contributed by atoms with van der Waals surface area (Å²) in [6.07, 6.45) is 4.14. The molecule has 0 aliphatic rings. The van der Waals surface area contributed by atoms with E-state index in [2.05, 4.69) is 10.3 Å².